The SMILES string of the molecule is O=C(c1ccccc1)c1ccccc1CCO. The number of carbonyl (C=O) groups excluding carboxylic acids is 1. The van der Waals surface area contributed by atoms with Gasteiger partial charge in [-0.1, -0.05) is 54.6 Å². The molecule has 2 heteroatoms. The van der Waals surface area contributed by atoms with Crippen LogP contribution in [-0.2, 0) is 6.42 Å². The van der Waals surface area contributed by atoms with Crippen molar-refractivity contribution in [2.24, 2.45) is 0 Å². The summed E-state index contributed by atoms with van der Waals surface area (Å²) >= 11 is 0. The van der Waals surface area contributed by atoms with E-state index >= 15 is 0 Å². The van der Waals surface area contributed by atoms with Gasteiger partial charge in [0.05, 0.1) is 0 Å². The van der Waals surface area contributed by atoms with Crippen LogP contribution in [0.4, 0.5) is 0 Å². The van der Waals surface area contributed by atoms with E-state index in [0.29, 0.717) is 17.5 Å². The summed E-state index contributed by atoms with van der Waals surface area (Å²) in [7, 11) is 0. The fraction of sp³-hybridized carbons (Fsp3) is 0.133. The lowest BCUT2D eigenvalue weighted by Crippen LogP contribution is -2.06. The van der Waals surface area contributed by atoms with E-state index in [2.05, 4.69) is 0 Å². The van der Waals surface area contributed by atoms with Crippen molar-refractivity contribution in [2.75, 3.05) is 6.61 Å². The molecular formula is C15H14O2. The average molecular weight is 226 g/mol. The van der Waals surface area contributed by atoms with Crippen LogP contribution < -0.4 is 0 Å². The van der Waals surface area contributed by atoms with Crippen LogP contribution in [0.5, 0.6) is 0 Å². The molecule has 2 nitrogen and oxygen atoms in total. The summed E-state index contributed by atoms with van der Waals surface area (Å²) in [5, 5.41) is 8.99. The van der Waals surface area contributed by atoms with Gasteiger partial charge >= 0.3 is 0 Å². The number of hydrogen-bond donors (Lipinski definition) is 1. The molecule has 0 spiro atoms. The quantitative estimate of drug-likeness (QED) is 0.813. The zero-order valence-corrected chi connectivity index (χ0v) is 9.47. The van der Waals surface area contributed by atoms with Crippen LogP contribution >= 0.6 is 0 Å². The molecule has 0 saturated carbocycles. The van der Waals surface area contributed by atoms with Gasteiger partial charge in [-0.15, -0.1) is 0 Å². The van der Waals surface area contributed by atoms with Crippen LogP contribution in [0.2, 0.25) is 0 Å². The molecule has 0 radical (unpaired) electrons. The Morgan fingerprint density at radius 3 is 2.29 bits per heavy atom. The van der Waals surface area contributed by atoms with Crippen LogP contribution in [0, 0.1) is 0 Å². The normalized spacial score (nSPS) is 10.2. The van der Waals surface area contributed by atoms with E-state index in [4.69, 9.17) is 5.11 Å². The van der Waals surface area contributed by atoms with Crippen molar-refractivity contribution in [2.45, 2.75) is 6.42 Å². The number of carbonyl (C=O) groups is 1. The van der Waals surface area contributed by atoms with E-state index in [1.54, 1.807) is 18.2 Å². The van der Waals surface area contributed by atoms with Gasteiger partial charge in [-0.05, 0) is 12.0 Å². The smallest absolute Gasteiger partial charge is 0.193 e. The molecular weight excluding hydrogens is 212 g/mol. The van der Waals surface area contributed by atoms with Crippen molar-refractivity contribution in [1.29, 1.82) is 0 Å². The van der Waals surface area contributed by atoms with Crippen molar-refractivity contribution in [3.8, 4) is 0 Å². The summed E-state index contributed by atoms with van der Waals surface area (Å²) in [4.78, 5) is 12.3. The Kier molecular flexibility index (Phi) is 3.68. The number of aliphatic hydroxyl groups excluding tert-OH is 1. The molecule has 0 aliphatic carbocycles. The fourth-order valence-electron chi connectivity index (χ4n) is 1.83. The first-order valence-corrected chi connectivity index (χ1v) is 5.61. The molecule has 2 rings (SSSR count). The maximum atomic E-state index is 12.3. The molecule has 0 atom stereocenters. The van der Waals surface area contributed by atoms with Gasteiger partial charge in [0.1, 0.15) is 0 Å². The topological polar surface area (TPSA) is 37.3 Å². The highest BCUT2D eigenvalue weighted by Gasteiger charge is 2.11. The molecule has 0 saturated heterocycles. The molecule has 0 aliphatic heterocycles. The largest absolute Gasteiger partial charge is 0.396 e. The van der Waals surface area contributed by atoms with Gasteiger partial charge < -0.3 is 5.11 Å². The van der Waals surface area contributed by atoms with Crippen molar-refractivity contribution in [3.63, 3.8) is 0 Å². The third kappa shape index (κ3) is 2.60. The van der Waals surface area contributed by atoms with Gasteiger partial charge in [-0.25, -0.2) is 0 Å². The zero-order valence-electron chi connectivity index (χ0n) is 9.47. The van der Waals surface area contributed by atoms with Crippen LogP contribution in [0.1, 0.15) is 21.5 Å². The Morgan fingerprint density at radius 2 is 1.59 bits per heavy atom. The van der Waals surface area contributed by atoms with Crippen LogP contribution in [0.15, 0.2) is 54.6 Å². The summed E-state index contributed by atoms with van der Waals surface area (Å²) in [5.74, 6) is 0.00894. The summed E-state index contributed by atoms with van der Waals surface area (Å²) < 4.78 is 0. The third-order valence-electron chi connectivity index (χ3n) is 2.68. The number of hydrogen-bond acceptors (Lipinski definition) is 2. The summed E-state index contributed by atoms with van der Waals surface area (Å²) in [6.45, 7) is 0.0546. The van der Waals surface area contributed by atoms with Crippen LogP contribution in [0.25, 0.3) is 0 Å². The summed E-state index contributed by atoms with van der Waals surface area (Å²) in [6, 6.07) is 16.6. The molecule has 0 aromatic heterocycles. The predicted octanol–water partition coefficient (Wildman–Crippen LogP) is 2.45. The lowest BCUT2D eigenvalue weighted by Gasteiger charge is -2.07. The molecule has 0 amide bonds. The van der Waals surface area contributed by atoms with E-state index in [-0.39, 0.29) is 12.4 Å². The van der Waals surface area contributed by atoms with Gasteiger partial charge in [0.25, 0.3) is 0 Å². The standard InChI is InChI=1S/C15H14O2/c16-11-10-12-6-4-5-9-14(12)15(17)13-7-2-1-3-8-13/h1-9,16H,10-11H2. The number of benzene rings is 2. The average Bonchev–Trinajstić information content (AvgIpc) is 2.40. The fourth-order valence-corrected chi connectivity index (χ4v) is 1.83. The maximum Gasteiger partial charge on any atom is 0.193 e. The summed E-state index contributed by atoms with van der Waals surface area (Å²) in [5.41, 5.74) is 2.24. The minimum Gasteiger partial charge on any atom is -0.396 e. The second-order valence-electron chi connectivity index (χ2n) is 3.83. The Morgan fingerprint density at radius 1 is 0.941 bits per heavy atom. The molecule has 0 bridgehead atoms. The molecule has 86 valence electrons. The monoisotopic (exact) mass is 226 g/mol. The Hall–Kier alpha value is -1.93. The van der Waals surface area contributed by atoms with E-state index in [1.165, 1.54) is 0 Å². The Bertz CT molecular complexity index is 503. The van der Waals surface area contributed by atoms with Crippen molar-refractivity contribution in [3.05, 3.63) is 71.3 Å². The molecule has 2 aromatic rings. The molecule has 0 aliphatic rings. The van der Waals surface area contributed by atoms with Gasteiger partial charge in [0.15, 0.2) is 5.78 Å². The highest BCUT2D eigenvalue weighted by atomic mass is 16.3. The Labute approximate surface area is 101 Å². The third-order valence-corrected chi connectivity index (χ3v) is 2.68. The zero-order chi connectivity index (χ0) is 12.1. The molecule has 17 heavy (non-hydrogen) atoms. The highest BCUT2D eigenvalue weighted by molar-refractivity contribution is 6.09. The maximum absolute atomic E-state index is 12.3. The number of rotatable bonds is 4. The van der Waals surface area contributed by atoms with E-state index in [1.807, 2.05) is 36.4 Å². The molecule has 0 heterocycles. The van der Waals surface area contributed by atoms with Crippen LogP contribution in [0.3, 0.4) is 0 Å². The van der Waals surface area contributed by atoms with Gasteiger partial charge in [0.2, 0.25) is 0 Å². The van der Waals surface area contributed by atoms with Crippen LogP contribution in [-0.4, -0.2) is 17.5 Å². The second-order valence-corrected chi connectivity index (χ2v) is 3.83. The van der Waals surface area contributed by atoms with Gasteiger partial charge in [-0.3, -0.25) is 4.79 Å². The van der Waals surface area contributed by atoms with Gasteiger partial charge in [-0.2, -0.15) is 0 Å². The Balaban J connectivity index is 2.37. The first-order chi connectivity index (χ1) is 8.33. The van der Waals surface area contributed by atoms with Crippen molar-refractivity contribution in [1.82, 2.24) is 0 Å². The minimum atomic E-state index is 0.00894. The minimum absolute atomic E-state index is 0.00894. The molecule has 2 aromatic carbocycles. The van der Waals surface area contributed by atoms with Crippen molar-refractivity contribution >= 4 is 5.78 Å². The van der Waals surface area contributed by atoms with E-state index < -0.39 is 0 Å². The molecule has 1 N–H and O–H groups in total. The van der Waals surface area contributed by atoms with Crippen molar-refractivity contribution < 1.29 is 9.90 Å². The first kappa shape index (κ1) is 11.6. The second kappa shape index (κ2) is 5.41. The van der Waals surface area contributed by atoms with E-state index in [0.717, 1.165) is 5.56 Å². The number of ketones is 1. The lowest BCUT2D eigenvalue weighted by atomic mass is 9.97. The summed E-state index contributed by atoms with van der Waals surface area (Å²) in [6.07, 6.45) is 0.509. The first-order valence-electron chi connectivity index (χ1n) is 5.61. The highest BCUT2D eigenvalue weighted by Crippen LogP contribution is 2.14. The van der Waals surface area contributed by atoms with E-state index in [9.17, 15) is 4.79 Å². The predicted molar refractivity (Wildman–Crippen MR) is 67.1 cm³/mol. The molecule has 0 unspecified atom stereocenters. The van der Waals surface area contributed by atoms with Gasteiger partial charge in [0, 0.05) is 17.7 Å². The molecule has 0 fully saturated rings. The lowest BCUT2D eigenvalue weighted by molar-refractivity contribution is 0.103. The number of aliphatic hydroxyl groups is 1.